The molecule has 1 fully saturated rings. The summed E-state index contributed by atoms with van der Waals surface area (Å²) in [6.45, 7) is 5.59. The molecular formula is C15H19F2NO2. The standard InChI is InChI=1S/C15H19F2NO2/c1-3-12-9-20-7-6-18(12)10(2)15(19)13-5-4-11(16)8-14(13)17/h4-5,8,10,12H,3,6-7,9H2,1-2H3. The molecule has 1 aromatic carbocycles. The predicted molar refractivity (Wildman–Crippen MR) is 71.8 cm³/mol. The van der Waals surface area contributed by atoms with Gasteiger partial charge in [0.15, 0.2) is 5.78 Å². The molecule has 2 rings (SSSR count). The summed E-state index contributed by atoms with van der Waals surface area (Å²) in [5.74, 6) is -1.80. The average molecular weight is 283 g/mol. The van der Waals surface area contributed by atoms with E-state index in [9.17, 15) is 13.6 Å². The molecule has 1 aromatic rings. The predicted octanol–water partition coefficient (Wildman–Crippen LogP) is 2.65. The van der Waals surface area contributed by atoms with E-state index in [1.54, 1.807) is 6.92 Å². The number of ether oxygens (including phenoxy) is 1. The molecule has 0 bridgehead atoms. The SMILES string of the molecule is CCC1COCCN1C(C)C(=O)c1ccc(F)cc1F. The van der Waals surface area contributed by atoms with E-state index in [2.05, 4.69) is 0 Å². The molecule has 1 aliphatic rings. The highest BCUT2D eigenvalue weighted by atomic mass is 19.1. The van der Waals surface area contributed by atoms with Crippen LogP contribution in [0.3, 0.4) is 0 Å². The zero-order valence-electron chi connectivity index (χ0n) is 11.7. The van der Waals surface area contributed by atoms with Crippen LogP contribution in [0.1, 0.15) is 30.6 Å². The third-order valence-electron chi connectivity index (χ3n) is 3.82. The molecule has 0 amide bonds. The lowest BCUT2D eigenvalue weighted by atomic mass is 10.0. The summed E-state index contributed by atoms with van der Waals surface area (Å²) in [6.07, 6.45) is 0.865. The first-order chi connectivity index (χ1) is 9.54. The molecule has 3 nitrogen and oxygen atoms in total. The molecule has 1 saturated heterocycles. The van der Waals surface area contributed by atoms with Gasteiger partial charge in [0.25, 0.3) is 0 Å². The van der Waals surface area contributed by atoms with Crippen molar-refractivity contribution in [2.75, 3.05) is 19.8 Å². The second-order valence-corrected chi connectivity index (χ2v) is 5.04. The quantitative estimate of drug-likeness (QED) is 0.796. The molecule has 110 valence electrons. The minimum atomic E-state index is -0.803. The van der Waals surface area contributed by atoms with Crippen LogP contribution in [0.2, 0.25) is 0 Å². The summed E-state index contributed by atoms with van der Waals surface area (Å²) in [4.78, 5) is 14.4. The lowest BCUT2D eigenvalue weighted by Crippen LogP contribution is -2.52. The van der Waals surface area contributed by atoms with Crippen LogP contribution in [0.4, 0.5) is 8.78 Å². The van der Waals surface area contributed by atoms with Crippen molar-refractivity contribution in [3.8, 4) is 0 Å². The second-order valence-electron chi connectivity index (χ2n) is 5.04. The van der Waals surface area contributed by atoms with Crippen LogP contribution in [0.25, 0.3) is 0 Å². The largest absolute Gasteiger partial charge is 0.378 e. The second kappa shape index (κ2) is 6.41. The van der Waals surface area contributed by atoms with Gasteiger partial charge in [-0.05, 0) is 25.5 Å². The van der Waals surface area contributed by atoms with Gasteiger partial charge in [-0.2, -0.15) is 0 Å². The van der Waals surface area contributed by atoms with E-state index in [1.165, 1.54) is 6.07 Å². The number of halogens is 2. The minimum absolute atomic E-state index is 0.0553. The normalized spacial score (nSPS) is 21.7. The van der Waals surface area contributed by atoms with E-state index in [4.69, 9.17) is 4.74 Å². The van der Waals surface area contributed by atoms with Crippen molar-refractivity contribution in [3.63, 3.8) is 0 Å². The van der Waals surface area contributed by atoms with E-state index in [-0.39, 0.29) is 17.4 Å². The Morgan fingerprint density at radius 2 is 2.25 bits per heavy atom. The Kier molecular flexibility index (Phi) is 4.83. The van der Waals surface area contributed by atoms with Gasteiger partial charge in [0.05, 0.1) is 24.8 Å². The van der Waals surface area contributed by atoms with Crippen molar-refractivity contribution in [1.29, 1.82) is 0 Å². The topological polar surface area (TPSA) is 29.5 Å². The Labute approximate surface area is 117 Å². The van der Waals surface area contributed by atoms with Gasteiger partial charge in [-0.25, -0.2) is 8.78 Å². The number of ketones is 1. The molecule has 1 aliphatic heterocycles. The van der Waals surface area contributed by atoms with Gasteiger partial charge in [-0.1, -0.05) is 6.92 Å². The molecule has 0 radical (unpaired) electrons. The van der Waals surface area contributed by atoms with Gasteiger partial charge in [0.2, 0.25) is 0 Å². The van der Waals surface area contributed by atoms with Crippen molar-refractivity contribution in [2.45, 2.75) is 32.4 Å². The van der Waals surface area contributed by atoms with Crippen molar-refractivity contribution in [1.82, 2.24) is 4.90 Å². The molecule has 0 spiro atoms. The Bertz CT molecular complexity index is 493. The fraction of sp³-hybridized carbons (Fsp3) is 0.533. The average Bonchev–Trinajstić information content (AvgIpc) is 2.45. The molecule has 2 atom stereocenters. The van der Waals surface area contributed by atoms with E-state index in [0.29, 0.717) is 19.8 Å². The van der Waals surface area contributed by atoms with Crippen LogP contribution in [0.15, 0.2) is 18.2 Å². The zero-order valence-corrected chi connectivity index (χ0v) is 11.7. The van der Waals surface area contributed by atoms with Crippen LogP contribution in [0, 0.1) is 11.6 Å². The first kappa shape index (κ1) is 15.1. The maximum Gasteiger partial charge on any atom is 0.182 e. The summed E-state index contributed by atoms with van der Waals surface area (Å²) >= 11 is 0. The first-order valence-electron chi connectivity index (χ1n) is 6.87. The summed E-state index contributed by atoms with van der Waals surface area (Å²) < 4.78 is 32.0. The van der Waals surface area contributed by atoms with Gasteiger partial charge < -0.3 is 4.74 Å². The summed E-state index contributed by atoms with van der Waals surface area (Å²) in [5, 5.41) is 0. The van der Waals surface area contributed by atoms with Crippen LogP contribution in [0.5, 0.6) is 0 Å². The number of carbonyl (C=O) groups is 1. The lowest BCUT2D eigenvalue weighted by Gasteiger charge is -2.38. The molecule has 0 aromatic heterocycles. The van der Waals surface area contributed by atoms with Crippen LogP contribution >= 0.6 is 0 Å². The molecule has 0 saturated carbocycles. The lowest BCUT2D eigenvalue weighted by molar-refractivity contribution is -0.0221. The zero-order chi connectivity index (χ0) is 14.7. The summed E-state index contributed by atoms with van der Waals surface area (Å²) in [6, 6.07) is 2.79. The Morgan fingerprint density at radius 3 is 2.90 bits per heavy atom. The van der Waals surface area contributed by atoms with Crippen LogP contribution in [-0.2, 0) is 4.74 Å². The Balaban J connectivity index is 2.18. The first-order valence-corrected chi connectivity index (χ1v) is 6.87. The molecule has 1 heterocycles. The highest BCUT2D eigenvalue weighted by molar-refractivity contribution is 6.00. The smallest absolute Gasteiger partial charge is 0.182 e. The van der Waals surface area contributed by atoms with Gasteiger partial charge in [-0.15, -0.1) is 0 Å². The third kappa shape index (κ3) is 3.04. The van der Waals surface area contributed by atoms with Crippen molar-refractivity contribution >= 4 is 5.78 Å². The third-order valence-corrected chi connectivity index (χ3v) is 3.82. The number of hydrogen-bond acceptors (Lipinski definition) is 3. The van der Waals surface area contributed by atoms with E-state index >= 15 is 0 Å². The number of Topliss-reactive ketones (excluding diaryl/α,β-unsaturated/α-hetero) is 1. The van der Waals surface area contributed by atoms with Gasteiger partial charge in [0.1, 0.15) is 11.6 Å². The van der Waals surface area contributed by atoms with Gasteiger partial charge >= 0.3 is 0 Å². The highest BCUT2D eigenvalue weighted by Gasteiger charge is 2.31. The molecule has 0 N–H and O–H groups in total. The minimum Gasteiger partial charge on any atom is -0.378 e. The van der Waals surface area contributed by atoms with Crippen LogP contribution < -0.4 is 0 Å². The molecule has 5 heteroatoms. The summed E-state index contributed by atoms with van der Waals surface area (Å²) in [5.41, 5.74) is -0.0553. The molecule has 2 unspecified atom stereocenters. The van der Waals surface area contributed by atoms with Crippen molar-refractivity contribution < 1.29 is 18.3 Å². The van der Waals surface area contributed by atoms with E-state index in [1.807, 2.05) is 11.8 Å². The van der Waals surface area contributed by atoms with E-state index in [0.717, 1.165) is 18.6 Å². The fourth-order valence-electron chi connectivity index (χ4n) is 2.59. The fourth-order valence-corrected chi connectivity index (χ4v) is 2.59. The number of hydrogen-bond donors (Lipinski definition) is 0. The van der Waals surface area contributed by atoms with Gasteiger partial charge in [0, 0.05) is 18.7 Å². The number of rotatable bonds is 4. The maximum atomic E-state index is 13.7. The molecular weight excluding hydrogens is 264 g/mol. The molecule has 0 aliphatic carbocycles. The molecule has 20 heavy (non-hydrogen) atoms. The highest BCUT2D eigenvalue weighted by Crippen LogP contribution is 2.19. The maximum absolute atomic E-state index is 13.7. The summed E-state index contributed by atoms with van der Waals surface area (Å²) in [7, 11) is 0. The van der Waals surface area contributed by atoms with Crippen molar-refractivity contribution in [2.24, 2.45) is 0 Å². The number of nitrogens with zero attached hydrogens (tertiary/aromatic N) is 1. The van der Waals surface area contributed by atoms with Gasteiger partial charge in [-0.3, -0.25) is 9.69 Å². The monoisotopic (exact) mass is 283 g/mol. The van der Waals surface area contributed by atoms with E-state index < -0.39 is 17.7 Å². The Morgan fingerprint density at radius 1 is 1.50 bits per heavy atom. The Hall–Kier alpha value is -1.33. The number of morpholine rings is 1. The van der Waals surface area contributed by atoms with Crippen LogP contribution in [-0.4, -0.2) is 42.5 Å². The van der Waals surface area contributed by atoms with Crippen molar-refractivity contribution in [3.05, 3.63) is 35.4 Å². The number of benzene rings is 1. The number of carbonyl (C=O) groups excluding carboxylic acids is 1.